The molecule has 6 N–H and O–H groups in total. The van der Waals surface area contributed by atoms with Crippen molar-refractivity contribution in [3.05, 3.63) is 11.3 Å². The van der Waals surface area contributed by atoms with Crippen molar-refractivity contribution in [3.63, 3.8) is 0 Å². The van der Waals surface area contributed by atoms with Crippen molar-refractivity contribution in [2.24, 2.45) is 5.73 Å². The number of carboxylic acid groups (broad SMARTS) is 3. The predicted molar refractivity (Wildman–Crippen MR) is 134 cm³/mol. The highest BCUT2D eigenvalue weighted by molar-refractivity contribution is 8.03. The number of thioether (sulfide) groups is 3. The Morgan fingerprint density at radius 2 is 1.92 bits per heavy atom. The largest absolute Gasteiger partial charge is 0.481 e. The Kier molecular flexibility index (Phi) is 9.81. The Hall–Kier alpha value is -2.38. The summed E-state index contributed by atoms with van der Waals surface area (Å²) in [6.07, 6.45) is 0.162. The van der Waals surface area contributed by atoms with E-state index in [1.54, 1.807) is 0 Å². The molecule has 1 aromatic rings. The van der Waals surface area contributed by atoms with Gasteiger partial charge in [0.2, 0.25) is 5.91 Å². The van der Waals surface area contributed by atoms with E-state index in [9.17, 15) is 29.1 Å². The van der Waals surface area contributed by atoms with Gasteiger partial charge in [-0.2, -0.15) is 0 Å². The fourth-order valence-corrected chi connectivity index (χ4v) is 7.83. The lowest BCUT2D eigenvalue weighted by Gasteiger charge is -2.55. The first kappa shape index (κ1) is 29.2. The second kappa shape index (κ2) is 12.4. The predicted octanol–water partition coefficient (Wildman–Crippen LogP) is 0.102. The molecule has 3 rings (SSSR count). The van der Waals surface area contributed by atoms with Crippen molar-refractivity contribution in [1.82, 2.24) is 20.4 Å². The maximum absolute atomic E-state index is 13.1. The second-order valence-corrected chi connectivity index (χ2v) is 12.2. The summed E-state index contributed by atoms with van der Waals surface area (Å²) in [6, 6.07) is -1.10. The first-order valence-corrected chi connectivity index (χ1v) is 14.4. The summed E-state index contributed by atoms with van der Waals surface area (Å²) in [7, 11) is 1.24. The topological polar surface area (TPSA) is 222 Å². The maximum Gasteiger partial charge on any atom is 0.352 e. The third kappa shape index (κ3) is 6.55. The smallest absolute Gasteiger partial charge is 0.352 e. The van der Waals surface area contributed by atoms with Gasteiger partial charge in [0.15, 0.2) is 8.68 Å². The van der Waals surface area contributed by atoms with Gasteiger partial charge in [-0.3, -0.25) is 24.1 Å². The summed E-state index contributed by atoms with van der Waals surface area (Å²) >= 11 is 4.67. The number of nitrogens with one attached hydrogen (secondary N) is 1. The van der Waals surface area contributed by atoms with Gasteiger partial charge >= 0.3 is 17.9 Å². The van der Waals surface area contributed by atoms with Crippen LogP contribution in [0.4, 0.5) is 0 Å². The summed E-state index contributed by atoms with van der Waals surface area (Å²) in [4.78, 5) is 60.3. The maximum atomic E-state index is 13.1. The van der Waals surface area contributed by atoms with E-state index >= 15 is 0 Å². The van der Waals surface area contributed by atoms with Gasteiger partial charge in [0.1, 0.15) is 17.1 Å². The fraction of sp³-hybridized carbons (Fsp3) is 0.526. The Morgan fingerprint density at radius 1 is 1.24 bits per heavy atom. The SMILES string of the molecule is CO[C@@]1(NC(=O)CCC[C@@H](N)C(=O)O)C(=O)N2C(C(=O)O)=C(CSc3nnc(SCC(=O)O)s3)CS[C@@H]21. The number of β-lactam (4-membered cyclic amide) rings is 1. The highest BCUT2D eigenvalue weighted by atomic mass is 32.2. The van der Waals surface area contributed by atoms with Gasteiger partial charge in [-0.25, -0.2) is 4.79 Å². The van der Waals surface area contributed by atoms with Crippen molar-refractivity contribution in [2.45, 2.75) is 45.1 Å². The molecule has 37 heavy (non-hydrogen) atoms. The molecule has 0 unspecified atom stereocenters. The number of fused-ring (bicyclic) bond motifs is 1. The molecule has 2 amide bonds. The number of methoxy groups -OCH3 is 1. The lowest BCUT2D eigenvalue weighted by molar-refractivity contribution is -0.192. The zero-order valence-corrected chi connectivity index (χ0v) is 22.5. The molecule has 1 fully saturated rings. The Bertz CT molecular complexity index is 1130. The molecule has 0 aromatic carbocycles. The molecule has 0 radical (unpaired) electrons. The molecule has 14 nitrogen and oxygen atoms in total. The first-order valence-electron chi connectivity index (χ1n) is 10.6. The van der Waals surface area contributed by atoms with Gasteiger partial charge in [0.05, 0.1) is 5.75 Å². The standard InChI is InChI=1S/C19H23N5O9S4/c1-33-19(21-10(25)4-2-3-9(20)13(28)29)15(32)24-12(14(30)31)8(5-34-16(19)24)6-35-17-22-23-18(37-17)36-7-11(26)27/h9,16H,2-7,20H2,1H3,(H,21,25)(H,26,27)(H,28,29)(H,30,31)/t9-,16-,19+/m1/s1. The highest BCUT2D eigenvalue weighted by Crippen LogP contribution is 2.47. The molecule has 0 bridgehead atoms. The summed E-state index contributed by atoms with van der Waals surface area (Å²) in [6.45, 7) is 0. The van der Waals surface area contributed by atoms with E-state index in [1.807, 2.05) is 0 Å². The second-order valence-electron chi connectivity index (χ2n) is 7.73. The molecule has 1 aromatic heterocycles. The number of nitrogens with zero attached hydrogens (tertiary/aromatic N) is 3. The van der Waals surface area contributed by atoms with Crippen LogP contribution in [0.5, 0.6) is 0 Å². The van der Waals surface area contributed by atoms with Crippen LogP contribution < -0.4 is 11.1 Å². The Labute approximate surface area is 226 Å². The molecule has 0 spiro atoms. The summed E-state index contributed by atoms with van der Waals surface area (Å²) in [5.41, 5.74) is 3.97. The normalized spacial score (nSPS) is 21.7. The Morgan fingerprint density at radius 3 is 2.51 bits per heavy atom. The monoisotopic (exact) mass is 593 g/mol. The van der Waals surface area contributed by atoms with Gasteiger partial charge < -0.3 is 31.1 Å². The lowest BCUT2D eigenvalue weighted by atomic mass is 9.98. The summed E-state index contributed by atoms with van der Waals surface area (Å²) in [5, 5.41) is 37.1. The van der Waals surface area contributed by atoms with Gasteiger partial charge in [0.25, 0.3) is 11.6 Å². The van der Waals surface area contributed by atoms with Crippen molar-refractivity contribution >= 4 is 76.3 Å². The lowest BCUT2D eigenvalue weighted by Crippen LogP contribution is -2.80. The van der Waals surface area contributed by atoms with E-state index in [1.165, 1.54) is 42.0 Å². The van der Waals surface area contributed by atoms with Crippen molar-refractivity contribution in [2.75, 3.05) is 24.4 Å². The van der Waals surface area contributed by atoms with Gasteiger partial charge in [-0.1, -0.05) is 34.9 Å². The fourth-order valence-electron chi connectivity index (χ4n) is 3.52. The molecule has 202 valence electrons. The Balaban J connectivity index is 1.66. The van der Waals surface area contributed by atoms with Crippen LogP contribution in [0.2, 0.25) is 0 Å². The highest BCUT2D eigenvalue weighted by Gasteiger charge is 2.66. The molecule has 3 atom stereocenters. The van der Waals surface area contributed by atoms with Crippen LogP contribution in [0.25, 0.3) is 0 Å². The van der Waals surface area contributed by atoms with Crippen LogP contribution in [0.3, 0.4) is 0 Å². The third-order valence-corrected chi connectivity index (χ3v) is 9.91. The number of rotatable bonds is 14. The minimum atomic E-state index is -1.74. The first-order chi connectivity index (χ1) is 17.5. The van der Waals surface area contributed by atoms with E-state index in [2.05, 4.69) is 15.5 Å². The van der Waals surface area contributed by atoms with Crippen LogP contribution in [0.15, 0.2) is 19.9 Å². The summed E-state index contributed by atoms with van der Waals surface area (Å²) in [5.74, 6) is -4.45. The zero-order chi connectivity index (χ0) is 27.3. The molecule has 0 aliphatic carbocycles. The van der Waals surface area contributed by atoms with Crippen LogP contribution >= 0.6 is 46.6 Å². The van der Waals surface area contributed by atoms with Crippen molar-refractivity contribution in [3.8, 4) is 0 Å². The minimum Gasteiger partial charge on any atom is -0.481 e. The van der Waals surface area contributed by atoms with E-state index < -0.39 is 46.9 Å². The molecule has 3 heterocycles. The molecular weight excluding hydrogens is 571 g/mol. The molecule has 1 saturated heterocycles. The number of aromatic nitrogens is 2. The molecule has 0 saturated carbocycles. The number of amides is 2. The molecule has 2 aliphatic heterocycles. The van der Waals surface area contributed by atoms with E-state index in [-0.39, 0.29) is 42.2 Å². The quantitative estimate of drug-likeness (QED) is 0.110. The van der Waals surface area contributed by atoms with Crippen LogP contribution in [0, 0.1) is 0 Å². The summed E-state index contributed by atoms with van der Waals surface area (Å²) < 4.78 is 6.38. The van der Waals surface area contributed by atoms with Crippen molar-refractivity contribution < 1.29 is 44.0 Å². The number of hydrogen-bond donors (Lipinski definition) is 5. The van der Waals surface area contributed by atoms with Gasteiger partial charge in [0, 0.05) is 25.0 Å². The van der Waals surface area contributed by atoms with Crippen LogP contribution in [-0.4, -0.2) is 102 Å². The van der Waals surface area contributed by atoms with Gasteiger partial charge in [-0.05, 0) is 18.4 Å². The van der Waals surface area contributed by atoms with Gasteiger partial charge in [-0.15, -0.1) is 22.0 Å². The van der Waals surface area contributed by atoms with E-state index in [0.717, 1.165) is 16.7 Å². The average Bonchev–Trinajstić information content (AvgIpc) is 3.31. The zero-order valence-electron chi connectivity index (χ0n) is 19.2. The molecular formula is C19H23N5O9S4. The van der Waals surface area contributed by atoms with Crippen LogP contribution in [0.1, 0.15) is 19.3 Å². The number of carbonyl (C=O) groups is 5. The number of nitrogens with two attached hydrogens (primary N) is 1. The molecule has 18 heteroatoms. The number of carboxylic acids is 3. The average molecular weight is 594 g/mol. The van der Waals surface area contributed by atoms with E-state index in [4.69, 9.17) is 20.7 Å². The van der Waals surface area contributed by atoms with Crippen LogP contribution in [-0.2, 0) is 28.7 Å². The van der Waals surface area contributed by atoms with E-state index in [0.29, 0.717) is 14.3 Å². The minimum absolute atomic E-state index is 0.0717. The number of hydrogen-bond acceptors (Lipinski definition) is 13. The number of ether oxygens (including phenoxy) is 1. The number of carbonyl (C=O) groups excluding carboxylic acids is 2. The molecule has 2 aliphatic rings. The number of aliphatic carboxylic acids is 3. The third-order valence-electron chi connectivity index (χ3n) is 5.27. The van der Waals surface area contributed by atoms with Crippen molar-refractivity contribution in [1.29, 1.82) is 0 Å².